The fourth-order valence-electron chi connectivity index (χ4n) is 2.69. The first kappa shape index (κ1) is 16.4. The summed E-state index contributed by atoms with van der Waals surface area (Å²) in [5.74, 6) is 0.958. The van der Waals surface area contributed by atoms with Gasteiger partial charge in [-0.3, -0.25) is 0 Å². The number of hydrogen-bond donors (Lipinski definition) is 0. The molecule has 22 heavy (non-hydrogen) atoms. The minimum absolute atomic E-state index is 0.958. The number of para-hydroxylation sites is 1. The zero-order valence-corrected chi connectivity index (χ0v) is 13.7. The van der Waals surface area contributed by atoms with Gasteiger partial charge in [-0.15, -0.1) is 0 Å². The zero-order valence-electron chi connectivity index (χ0n) is 13.7. The smallest absolute Gasteiger partial charge is 0.126 e. The maximum atomic E-state index is 5.55. The first-order valence-corrected chi connectivity index (χ1v) is 8.24. The molecule has 0 aromatic heterocycles. The Morgan fingerprint density at radius 1 is 0.909 bits per heavy atom. The Hall–Kier alpha value is -2.02. The molecule has 0 aliphatic rings. The Labute approximate surface area is 134 Å². The molecule has 0 aliphatic carbocycles. The van der Waals surface area contributed by atoms with Gasteiger partial charge in [-0.25, -0.2) is 0 Å². The summed E-state index contributed by atoms with van der Waals surface area (Å²) in [5, 5.41) is 0. The summed E-state index contributed by atoms with van der Waals surface area (Å²) < 4.78 is 5.55. The summed E-state index contributed by atoms with van der Waals surface area (Å²) in [7, 11) is 1.75. The van der Waals surface area contributed by atoms with Crippen LogP contribution in [0.3, 0.4) is 0 Å². The summed E-state index contributed by atoms with van der Waals surface area (Å²) in [6.07, 6.45) is 8.48. The van der Waals surface area contributed by atoms with Crippen molar-refractivity contribution in [2.75, 3.05) is 7.11 Å². The maximum Gasteiger partial charge on any atom is 0.126 e. The molecule has 0 unspecified atom stereocenters. The molecule has 0 spiro atoms. The van der Waals surface area contributed by atoms with Gasteiger partial charge in [0.1, 0.15) is 5.75 Å². The van der Waals surface area contributed by atoms with Gasteiger partial charge < -0.3 is 4.74 Å². The van der Waals surface area contributed by atoms with Gasteiger partial charge in [-0.1, -0.05) is 80.8 Å². The molecular formula is C21H26O. The number of unbranched alkanes of at least 4 members (excludes halogenated alkanes) is 3. The fourth-order valence-corrected chi connectivity index (χ4v) is 2.69. The van der Waals surface area contributed by atoms with Gasteiger partial charge >= 0.3 is 0 Å². The minimum atomic E-state index is 0.958. The summed E-state index contributed by atoms with van der Waals surface area (Å²) in [5.41, 5.74) is 3.82. The summed E-state index contributed by atoms with van der Waals surface area (Å²) in [6, 6.07) is 18.9. The van der Waals surface area contributed by atoms with Crippen LogP contribution < -0.4 is 4.74 Å². The van der Waals surface area contributed by atoms with E-state index in [0.717, 1.165) is 12.2 Å². The monoisotopic (exact) mass is 294 g/mol. The highest BCUT2D eigenvalue weighted by atomic mass is 16.5. The second kappa shape index (κ2) is 9.09. The van der Waals surface area contributed by atoms with E-state index in [2.05, 4.69) is 55.5 Å². The van der Waals surface area contributed by atoms with Gasteiger partial charge in [-0.05, 0) is 30.0 Å². The Morgan fingerprint density at radius 2 is 1.64 bits per heavy atom. The summed E-state index contributed by atoms with van der Waals surface area (Å²) in [4.78, 5) is 0. The van der Waals surface area contributed by atoms with E-state index in [9.17, 15) is 0 Å². The van der Waals surface area contributed by atoms with Crippen LogP contribution in [-0.4, -0.2) is 7.11 Å². The zero-order chi connectivity index (χ0) is 15.6. The van der Waals surface area contributed by atoms with Crippen molar-refractivity contribution >= 4 is 11.6 Å². The third-order valence-electron chi connectivity index (χ3n) is 3.89. The molecule has 0 heterocycles. The number of benzene rings is 2. The molecule has 2 rings (SSSR count). The van der Waals surface area contributed by atoms with Gasteiger partial charge in [0.05, 0.1) is 7.11 Å². The normalized spacial score (nSPS) is 11.5. The van der Waals surface area contributed by atoms with Gasteiger partial charge in [0, 0.05) is 5.56 Å². The van der Waals surface area contributed by atoms with E-state index >= 15 is 0 Å². The lowest BCUT2D eigenvalue weighted by Crippen LogP contribution is -1.92. The molecule has 0 bridgehead atoms. The van der Waals surface area contributed by atoms with Gasteiger partial charge in [-0.2, -0.15) is 0 Å². The van der Waals surface area contributed by atoms with Crippen LogP contribution in [0.25, 0.3) is 11.6 Å². The van der Waals surface area contributed by atoms with Gasteiger partial charge in [0.25, 0.3) is 0 Å². The van der Waals surface area contributed by atoms with E-state index in [1.54, 1.807) is 7.11 Å². The topological polar surface area (TPSA) is 9.23 Å². The first-order chi connectivity index (χ1) is 10.8. The molecule has 0 N–H and O–H groups in total. The number of methoxy groups -OCH3 is 1. The number of rotatable bonds is 8. The van der Waals surface area contributed by atoms with Crippen LogP contribution in [0.4, 0.5) is 0 Å². The lowest BCUT2D eigenvalue weighted by Gasteiger charge is -2.13. The Kier molecular flexibility index (Phi) is 6.76. The molecule has 1 heteroatoms. The Morgan fingerprint density at radius 3 is 2.36 bits per heavy atom. The van der Waals surface area contributed by atoms with Crippen molar-refractivity contribution in [3.63, 3.8) is 0 Å². The number of hydrogen-bond acceptors (Lipinski definition) is 1. The van der Waals surface area contributed by atoms with Crippen LogP contribution in [0.1, 0.15) is 50.2 Å². The van der Waals surface area contributed by atoms with Crippen LogP contribution in [0.2, 0.25) is 0 Å². The average molecular weight is 294 g/mol. The molecular weight excluding hydrogens is 268 g/mol. The molecule has 0 fully saturated rings. The highest BCUT2D eigenvalue weighted by Crippen LogP contribution is 2.31. The van der Waals surface area contributed by atoms with Crippen molar-refractivity contribution < 1.29 is 4.74 Å². The molecule has 0 saturated carbocycles. The van der Waals surface area contributed by atoms with Crippen molar-refractivity contribution in [3.8, 4) is 5.75 Å². The SMILES string of the molecule is CCCCCC/C(=C/c1ccccc1)c1ccccc1OC. The van der Waals surface area contributed by atoms with Crippen molar-refractivity contribution in [2.24, 2.45) is 0 Å². The predicted molar refractivity (Wildman–Crippen MR) is 96.1 cm³/mol. The van der Waals surface area contributed by atoms with Crippen molar-refractivity contribution in [2.45, 2.75) is 39.0 Å². The molecule has 0 saturated heterocycles. The third kappa shape index (κ3) is 4.77. The first-order valence-electron chi connectivity index (χ1n) is 8.24. The highest BCUT2D eigenvalue weighted by molar-refractivity contribution is 5.83. The lowest BCUT2D eigenvalue weighted by atomic mass is 9.96. The van der Waals surface area contributed by atoms with E-state index < -0.39 is 0 Å². The Balaban J connectivity index is 2.26. The molecule has 116 valence electrons. The van der Waals surface area contributed by atoms with E-state index in [1.165, 1.54) is 42.4 Å². The minimum Gasteiger partial charge on any atom is -0.496 e. The standard InChI is InChI=1S/C21H26O/c1-3-4-5-9-14-19(17-18-12-7-6-8-13-18)20-15-10-11-16-21(20)22-2/h6-8,10-13,15-17H,3-5,9,14H2,1-2H3/b19-17-. The Bertz CT molecular complexity index is 584. The van der Waals surface area contributed by atoms with Crippen LogP contribution in [0, 0.1) is 0 Å². The van der Waals surface area contributed by atoms with E-state index in [1.807, 2.05) is 12.1 Å². The fraction of sp³-hybridized carbons (Fsp3) is 0.333. The van der Waals surface area contributed by atoms with E-state index in [-0.39, 0.29) is 0 Å². The number of allylic oxidation sites excluding steroid dienone is 1. The van der Waals surface area contributed by atoms with Crippen LogP contribution >= 0.6 is 0 Å². The van der Waals surface area contributed by atoms with Gasteiger partial charge in [0.15, 0.2) is 0 Å². The largest absolute Gasteiger partial charge is 0.496 e. The molecule has 2 aromatic rings. The molecule has 2 aromatic carbocycles. The molecule has 0 amide bonds. The average Bonchev–Trinajstić information content (AvgIpc) is 2.58. The predicted octanol–water partition coefficient (Wildman–Crippen LogP) is 6.21. The van der Waals surface area contributed by atoms with Crippen molar-refractivity contribution in [1.82, 2.24) is 0 Å². The summed E-state index contributed by atoms with van der Waals surface area (Å²) >= 11 is 0. The van der Waals surface area contributed by atoms with Crippen LogP contribution in [-0.2, 0) is 0 Å². The molecule has 0 radical (unpaired) electrons. The quantitative estimate of drug-likeness (QED) is 0.415. The maximum absolute atomic E-state index is 5.55. The number of ether oxygens (including phenoxy) is 1. The van der Waals surface area contributed by atoms with Crippen molar-refractivity contribution in [1.29, 1.82) is 0 Å². The lowest BCUT2D eigenvalue weighted by molar-refractivity contribution is 0.413. The molecule has 1 nitrogen and oxygen atoms in total. The third-order valence-corrected chi connectivity index (χ3v) is 3.89. The van der Waals surface area contributed by atoms with E-state index in [4.69, 9.17) is 4.74 Å². The second-order valence-electron chi connectivity index (χ2n) is 5.59. The summed E-state index contributed by atoms with van der Waals surface area (Å²) in [6.45, 7) is 2.25. The van der Waals surface area contributed by atoms with Gasteiger partial charge in [0.2, 0.25) is 0 Å². The van der Waals surface area contributed by atoms with Crippen molar-refractivity contribution in [3.05, 3.63) is 65.7 Å². The highest BCUT2D eigenvalue weighted by Gasteiger charge is 2.08. The molecule has 0 atom stereocenters. The van der Waals surface area contributed by atoms with E-state index in [0.29, 0.717) is 0 Å². The molecule has 0 aliphatic heterocycles. The van der Waals surface area contributed by atoms with Crippen LogP contribution in [0.5, 0.6) is 5.75 Å². The van der Waals surface area contributed by atoms with Crippen LogP contribution in [0.15, 0.2) is 54.6 Å². The second-order valence-corrected chi connectivity index (χ2v) is 5.59.